The smallest absolute Gasteiger partial charge is 0.0565 e. The normalized spacial score (nSPS) is 38.0. The van der Waals surface area contributed by atoms with Gasteiger partial charge in [-0.1, -0.05) is 6.42 Å². The van der Waals surface area contributed by atoms with E-state index in [-0.39, 0.29) is 5.54 Å². The van der Waals surface area contributed by atoms with E-state index in [9.17, 15) is 0 Å². The monoisotopic (exact) mass is 212 g/mol. The summed E-state index contributed by atoms with van der Waals surface area (Å²) in [5, 5.41) is 0. The van der Waals surface area contributed by atoms with Crippen LogP contribution in [-0.4, -0.2) is 42.8 Å². The fourth-order valence-corrected chi connectivity index (χ4v) is 2.96. The van der Waals surface area contributed by atoms with Gasteiger partial charge in [-0.3, -0.25) is 4.90 Å². The van der Waals surface area contributed by atoms with Gasteiger partial charge in [0.1, 0.15) is 0 Å². The van der Waals surface area contributed by atoms with Crippen molar-refractivity contribution in [3.8, 4) is 0 Å². The van der Waals surface area contributed by atoms with E-state index in [1.807, 2.05) is 0 Å². The molecule has 1 aliphatic carbocycles. The molecule has 2 N–H and O–H groups in total. The minimum Gasteiger partial charge on any atom is -0.378 e. The molecule has 2 aliphatic rings. The van der Waals surface area contributed by atoms with Crippen molar-refractivity contribution < 1.29 is 4.74 Å². The highest BCUT2D eigenvalue weighted by molar-refractivity contribution is 4.98. The second-order valence-corrected chi connectivity index (χ2v) is 5.26. The SMILES string of the molecule is CC1CC(CN)(N(C)C2CCC2)CCO1. The molecule has 3 heteroatoms. The van der Waals surface area contributed by atoms with Gasteiger partial charge >= 0.3 is 0 Å². The topological polar surface area (TPSA) is 38.5 Å². The molecule has 0 amide bonds. The molecule has 2 rings (SSSR count). The van der Waals surface area contributed by atoms with Crippen molar-refractivity contribution in [3.63, 3.8) is 0 Å². The fourth-order valence-electron chi connectivity index (χ4n) is 2.96. The van der Waals surface area contributed by atoms with E-state index in [1.165, 1.54) is 19.3 Å². The number of hydrogen-bond donors (Lipinski definition) is 1. The van der Waals surface area contributed by atoms with Gasteiger partial charge in [-0.05, 0) is 39.7 Å². The molecule has 88 valence electrons. The maximum atomic E-state index is 6.02. The highest BCUT2D eigenvalue weighted by Crippen LogP contribution is 2.35. The van der Waals surface area contributed by atoms with E-state index in [1.54, 1.807) is 0 Å². The van der Waals surface area contributed by atoms with Crippen molar-refractivity contribution in [2.45, 2.75) is 56.7 Å². The zero-order valence-corrected chi connectivity index (χ0v) is 10.0. The van der Waals surface area contributed by atoms with Gasteiger partial charge in [-0.15, -0.1) is 0 Å². The molecule has 0 radical (unpaired) electrons. The molecule has 0 aromatic heterocycles. The van der Waals surface area contributed by atoms with Crippen LogP contribution in [0.15, 0.2) is 0 Å². The number of likely N-dealkylation sites (N-methyl/N-ethyl adjacent to an activating group) is 1. The lowest BCUT2D eigenvalue weighted by molar-refractivity contribution is -0.0775. The van der Waals surface area contributed by atoms with Crippen molar-refractivity contribution in [2.75, 3.05) is 20.2 Å². The van der Waals surface area contributed by atoms with Crippen molar-refractivity contribution >= 4 is 0 Å². The minimum absolute atomic E-state index is 0.211. The molecular weight excluding hydrogens is 188 g/mol. The summed E-state index contributed by atoms with van der Waals surface area (Å²) in [4.78, 5) is 2.55. The molecule has 0 spiro atoms. The molecule has 1 aliphatic heterocycles. The number of hydrogen-bond acceptors (Lipinski definition) is 3. The first kappa shape index (κ1) is 11.4. The zero-order chi connectivity index (χ0) is 10.9. The van der Waals surface area contributed by atoms with Crippen LogP contribution in [0.1, 0.15) is 39.0 Å². The molecule has 1 heterocycles. The van der Waals surface area contributed by atoms with Gasteiger partial charge in [0.05, 0.1) is 6.10 Å². The van der Waals surface area contributed by atoms with Crippen molar-refractivity contribution in [1.29, 1.82) is 0 Å². The molecule has 15 heavy (non-hydrogen) atoms. The third-order valence-corrected chi connectivity index (χ3v) is 4.39. The summed E-state index contributed by atoms with van der Waals surface area (Å²) in [7, 11) is 2.26. The van der Waals surface area contributed by atoms with Crippen LogP contribution in [0.5, 0.6) is 0 Å². The van der Waals surface area contributed by atoms with E-state index in [0.717, 1.165) is 32.0 Å². The molecule has 2 unspecified atom stereocenters. The van der Waals surface area contributed by atoms with E-state index in [2.05, 4.69) is 18.9 Å². The van der Waals surface area contributed by atoms with Gasteiger partial charge in [0.2, 0.25) is 0 Å². The summed E-state index contributed by atoms with van der Waals surface area (Å²) in [6.45, 7) is 3.81. The first-order valence-corrected chi connectivity index (χ1v) is 6.22. The zero-order valence-electron chi connectivity index (χ0n) is 10.0. The van der Waals surface area contributed by atoms with Crippen LogP contribution in [0.3, 0.4) is 0 Å². The predicted molar refractivity (Wildman–Crippen MR) is 61.8 cm³/mol. The van der Waals surface area contributed by atoms with Crippen molar-refractivity contribution in [1.82, 2.24) is 4.90 Å². The summed E-state index contributed by atoms with van der Waals surface area (Å²) in [6, 6.07) is 0.777. The predicted octanol–water partition coefficient (Wildman–Crippen LogP) is 1.37. The third kappa shape index (κ3) is 2.05. The maximum Gasteiger partial charge on any atom is 0.0565 e. The van der Waals surface area contributed by atoms with Crippen LogP contribution in [0.25, 0.3) is 0 Å². The van der Waals surface area contributed by atoms with E-state index >= 15 is 0 Å². The van der Waals surface area contributed by atoms with Crippen LogP contribution >= 0.6 is 0 Å². The highest BCUT2D eigenvalue weighted by Gasteiger charge is 2.41. The standard InChI is InChI=1S/C12H24N2O/c1-10-8-12(9-13,6-7-15-10)14(2)11-4-3-5-11/h10-11H,3-9,13H2,1-2H3. The average Bonchev–Trinajstić information content (AvgIpc) is 2.15. The van der Waals surface area contributed by atoms with Gasteiger partial charge < -0.3 is 10.5 Å². The van der Waals surface area contributed by atoms with Crippen molar-refractivity contribution in [3.05, 3.63) is 0 Å². The van der Waals surface area contributed by atoms with Crippen LogP contribution in [0.2, 0.25) is 0 Å². The number of nitrogens with zero attached hydrogens (tertiary/aromatic N) is 1. The summed E-state index contributed by atoms with van der Waals surface area (Å²) in [5.41, 5.74) is 6.23. The van der Waals surface area contributed by atoms with Crippen LogP contribution in [0.4, 0.5) is 0 Å². The van der Waals surface area contributed by atoms with Gasteiger partial charge in [-0.25, -0.2) is 0 Å². The summed E-state index contributed by atoms with van der Waals surface area (Å²) < 4.78 is 5.63. The fraction of sp³-hybridized carbons (Fsp3) is 1.00. The Balaban J connectivity index is 2.04. The lowest BCUT2D eigenvalue weighted by Crippen LogP contribution is -2.61. The molecule has 0 aromatic rings. The largest absolute Gasteiger partial charge is 0.378 e. The van der Waals surface area contributed by atoms with Crippen LogP contribution in [0, 0.1) is 0 Å². The number of nitrogens with two attached hydrogens (primary N) is 1. The summed E-state index contributed by atoms with van der Waals surface area (Å²) in [6.07, 6.45) is 6.66. The maximum absolute atomic E-state index is 6.02. The molecule has 1 saturated carbocycles. The summed E-state index contributed by atoms with van der Waals surface area (Å²) in [5.74, 6) is 0. The molecule has 0 aromatic carbocycles. The minimum atomic E-state index is 0.211. The Morgan fingerprint density at radius 1 is 1.47 bits per heavy atom. The Morgan fingerprint density at radius 2 is 2.20 bits per heavy atom. The van der Waals surface area contributed by atoms with Crippen LogP contribution < -0.4 is 5.73 Å². The molecule has 1 saturated heterocycles. The molecule has 3 nitrogen and oxygen atoms in total. The molecule has 0 bridgehead atoms. The van der Waals surface area contributed by atoms with Gasteiger partial charge in [0, 0.05) is 24.7 Å². The molecule has 2 atom stereocenters. The Bertz CT molecular complexity index is 218. The molecular formula is C12H24N2O. The van der Waals surface area contributed by atoms with E-state index in [0.29, 0.717) is 6.10 Å². The summed E-state index contributed by atoms with van der Waals surface area (Å²) >= 11 is 0. The quantitative estimate of drug-likeness (QED) is 0.768. The second kappa shape index (κ2) is 4.40. The Hall–Kier alpha value is -0.120. The first-order valence-electron chi connectivity index (χ1n) is 6.22. The van der Waals surface area contributed by atoms with Crippen LogP contribution in [-0.2, 0) is 4.74 Å². The Kier molecular flexibility index (Phi) is 3.33. The third-order valence-electron chi connectivity index (χ3n) is 4.39. The second-order valence-electron chi connectivity index (χ2n) is 5.26. The van der Waals surface area contributed by atoms with Crippen molar-refractivity contribution in [2.24, 2.45) is 5.73 Å². The van der Waals surface area contributed by atoms with E-state index < -0.39 is 0 Å². The first-order chi connectivity index (χ1) is 7.18. The Labute approximate surface area is 93.0 Å². The van der Waals surface area contributed by atoms with Gasteiger partial charge in [-0.2, -0.15) is 0 Å². The molecule has 2 fully saturated rings. The average molecular weight is 212 g/mol. The highest BCUT2D eigenvalue weighted by atomic mass is 16.5. The Morgan fingerprint density at radius 3 is 2.67 bits per heavy atom. The number of ether oxygens (including phenoxy) is 1. The van der Waals surface area contributed by atoms with Gasteiger partial charge in [0.15, 0.2) is 0 Å². The number of rotatable bonds is 3. The lowest BCUT2D eigenvalue weighted by atomic mass is 9.81. The lowest BCUT2D eigenvalue weighted by Gasteiger charge is -2.51. The van der Waals surface area contributed by atoms with Gasteiger partial charge in [0.25, 0.3) is 0 Å². The van der Waals surface area contributed by atoms with E-state index in [4.69, 9.17) is 10.5 Å².